The number of carbonyl (C=O) groups excluding carboxylic acids is 2. The second-order valence-corrected chi connectivity index (χ2v) is 4.78. The number of ketones is 1. The first-order chi connectivity index (χ1) is 10.6. The molecule has 0 aliphatic rings. The van der Waals surface area contributed by atoms with Crippen molar-refractivity contribution in [2.24, 2.45) is 0 Å². The van der Waals surface area contributed by atoms with Gasteiger partial charge in [0.05, 0.1) is 12.7 Å². The Morgan fingerprint density at radius 2 is 1.55 bits per heavy atom. The van der Waals surface area contributed by atoms with Gasteiger partial charge in [-0.2, -0.15) is 0 Å². The van der Waals surface area contributed by atoms with Crippen LogP contribution in [0.15, 0.2) is 60.8 Å². The van der Waals surface area contributed by atoms with Gasteiger partial charge in [-0.1, -0.05) is 29.8 Å². The number of allylic oxidation sites excluding steroid dienone is 1. The number of hydrogen-bond donors (Lipinski definition) is 1. The van der Waals surface area contributed by atoms with E-state index in [9.17, 15) is 9.59 Å². The number of anilines is 1. The number of nitrogens with one attached hydrogen (secondary N) is 1. The van der Waals surface area contributed by atoms with Crippen molar-refractivity contribution in [3.63, 3.8) is 0 Å². The van der Waals surface area contributed by atoms with Gasteiger partial charge in [0.1, 0.15) is 0 Å². The topological polar surface area (TPSA) is 55.4 Å². The van der Waals surface area contributed by atoms with E-state index in [-0.39, 0.29) is 11.8 Å². The molecule has 4 nitrogen and oxygen atoms in total. The van der Waals surface area contributed by atoms with E-state index in [1.54, 1.807) is 42.6 Å². The average molecular weight is 295 g/mol. The molecule has 112 valence electrons. The molecule has 2 rings (SSSR count). The van der Waals surface area contributed by atoms with E-state index in [1.165, 1.54) is 13.2 Å². The Balaban J connectivity index is 1.95. The van der Waals surface area contributed by atoms with Gasteiger partial charge < -0.3 is 10.1 Å². The fraction of sp³-hybridized carbons (Fsp3) is 0.111. The van der Waals surface area contributed by atoms with Crippen molar-refractivity contribution in [3.8, 4) is 0 Å². The van der Waals surface area contributed by atoms with E-state index in [1.807, 2.05) is 19.1 Å². The van der Waals surface area contributed by atoms with E-state index in [0.29, 0.717) is 11.1 Å². The van der Waals surface area contributed by atoms with Crippen molar-refractivity contribution >= 4 is 17.4 Å². The quantitative estimate of drug-likeness (QED) is 0.520. The molecule has 2 aromatic rings. The predicted octanol–water partition coefficient (Wildman–Crippen LogP) is 3.59. The smallest absolute Gasteiger partial charge is 0.337 e. The van der Waals surface area contributed by atoms with Gasteiger partial charge in [-0.25, -0.2) is 4.79 Å². The molecule has 0 amide bonds. The van der Waals surface area contributed by atoms with E-state index in [4.69, 9.17) is 0 Å². The molecule has 22 heavy (non-hydrogen) atoms. The van der Waals surface area contributed by atoms with Gasteiger partial charge in [0.15, 0.2) is 5.78 Å². The molecule has 0 saturated carbocycles. The summed E-state index contributed by atoms with van der Waals surface area (Å²) in [6.45, 7) is 1.98. The zero-order valence-electron chi connectivity index (χ0n) is 12.5. The summed E-state index contributed by atoms with van der Waals surface area (Å²) in [4.78, 5) is 23.2. The van der Waals surface area contributed by atoms with Gasteiger partial charge in [-0.3, -0.25) is 4.79 Å². The maximum absolute atomic E-state index is 11.9. The molecule has 4 heteroatoms. The van der Waals surface area contributed by atoms with Gasteiger partial charge in [-0.15, -0.1) is 0 Å². The summed E-state index contributed by atoms with van der Waals surface area (Å²) in [5.74, 6) is -0.449. The Labute approximate surface area is 129 Å². The van der Waals surface area contributed by atoms with Crippen LogP contribution in [0.1, 0.15) is 26.3 Å². The summed E-state index contributed by atoms with van der Waals surface area (Å²) >= 11 is 0. The van der Waals surface area contributed by atoms with Crippen LogP contribution >= 0.6 is 0 Å². The normalized spacial score (nSPS) is 10.5. The molecule has 0 atom stereocenters. The van der Waals surface area contributed by atoms with Crippen LogP contribution in [0.4, 0.5) is 5.69 Å². The number of methoxy groups -OCH3 is 1. The molecule has 0 aliphatic heterocycles. The lowest BCUT2D eigenvalue weighted by molar-refractivity contribution is 0.0600. The molecule has 2 aromatic carbocycles. The lowest BCUT2D eigenvalue weighted by atomic mass is 10.1. The standard InChI is InChI=1S/C18H17NO3/c1-13-3-5-14(6-4-13)17(20)11-12-19-16-9-7-15(8-10-16)18(21)22-2/h3-12,19H,1-2H3/b12-11+. The highest BCUT2D eigenvalue weighted by molar-refractivity contribution is 6.04. The van der Waals surface area contributed by atoms with Crippen LogP contribution in [-0.2, 0) is 4.74 Å². The van der Waals surface area contributed by atoms with Crippen LogP contribution in [0, 0.1) is 6.92 Å². The van der Waals surface area contributed by atoms with Gasteiger partial charge in [0.25, 0.3) is 0 Å². The monoisotopic (exact) mass is 295 g/mol. The summed E-state index contributed by atoms with van der Waals surface area (Å²) < 4.78 is 4.63. The first-order valence-electron chi connectivity index (χ1n) is 6.82. The molecule has 0 aromatic heterocycles. The Morgan fingerprint density at radius 1 is 0.955 bits per heavy atom. The third-order valence-electron chi connectivity index (χ3n) is 3.13. The van der Waals surface area contributed by atoms with Gasteiger partial charge in [-0.05, 0) is 31.2 Å². The minimum atomic E-state index is -0.378. The van der Waals surface area contributed by atoms with Gasteiger partial charge in [0.2, 0.25) is 0 Å². The van der Waals surface area contributed by atoms with Crippen LogP contribution in [0.5, 0.6) is 0 Å². The number of benzene rings is 2. The van der Waals surface area contributed by atoms with Crippen molar-refractivity contribution in [3.05, 3.63) is 77.5 Å². The summed E-state index contributed by atoms with van der Waals surface area (Å²) in [5, 5.41) is 2.99. The Bertz CT molecular complexity index is 685. The van der Waals surface area contributed by atoms with Crippen LogP contribution in [0.25, 0.3) is 0 Å². The largest absolute Gasteiger partial charge is 0.465 e. The maximum Gasteiger partial charge on any atom is 0.337 e. The SMILES string of the molecule is COC(=O)c1ccc(N/C=C/C(=O)c2ccc(C)cc2)cc1. The summed E-state index contributed by atoms with van der Waals surface area (Å²) in [6.07, 6.45) is 3.05. The van der Waals surface area contributed by atoms with E-state index in [2.05, 4.69) is 10.1 Å². The van der Waals surface area contributed by atoms with E-state index in [0.717, 1.165) is 11.3 Å². The van der Waals surface area contributed by atoms with Crippen molar-refractivity contribution in [2.75, 3.05) is 12.4 Å². The molecule has 0 unspecified atom stereocenters. The average Bonchev–Trinajstić information content (AvgIpc) is 2.55. The number of esters is 1. The Morgan fingerprint density at radius 3 is 2.14 bits per heavy atom. The first-order valence-corrected chi connectivity index (χ1v) is 6.82. The van der Waals surface area contributed by atoms with Crippen molar-refractivity contribution < 1.29 is 14.3 Å². The molecular weight excluding hydrogens is 278 g/mol. The van der Waals surface area contributed by atoms with E-state index < -0.39 is 0 Å². The molecule has 0 aliphatic carbocycles. The number of carbonyl (C=O) groups is 2. The van der Waals surface area contributed by atoms with Crippen molar-refractivity contribution in [2.45, 2.75) is 6.92 Å². The maximum atomic E-state index is 11.9. The third kappa shape index (κ3) is 4.06. The lowest BCUT2D eigenvalue weighted by Gasteiger charge is -2.02. The molecule has 0 spiro atoms. The second-order valence-electron chi connectivity index (χ2n) is 4.78. The number of rotatable bonds is 5. The molecule has 0 heterocycles. The molecule has 0 bridgehead atoms. The summed E-state index contributed by atoms with van der Waals surface area (Å²) in [7, 11) is 1.34. The highest BCUT2D eigenvalue weighted by Gasteiger charge is 2.04. The molecule has 0 radical (unpaired) electrons. The van der Waals surface area contributed by atoms with Crippen LogP contribution in [-0.4, -0.2) is 18.9 Å². The highest BCUT2D eigenvalue weighted by Crippen LogP contribution is 2.11. The third-order valence-corrected chi connectivity index (χ3v) is 3.13. The van der Waals surface area contributed by atoms with Crippen LogP contribution in [0.3, 0.4) is 0 Å². The predicted molar refractivity (Wildman–Crippen MR) is 86.1 cm³/mol. The first kappa shape index (κ1) is 15.5. The number of ether oxygens (including phenoxy) is 1. The molecule has 0 fully saturated rings. The highest BCUT2D eigenvalue weighted by atomic mass is 16.5. The molecular formula is C18H17NO3. The second kappa shape index (κ2) is 7.22. The van der Waals surface area contributed by atoms with Crippen molar-refractivity contribution in [1.82, 2.24) is 0 Å². The van der Waals surface area contributed by atoms with Crippen molar-refractivity contribution in [1.29, 1.82) is 0 Å². The minimum Gasteiger partial charge on any atom is -0.465 e. The number of hydrogen-bond acceptors (Lipinski definition) is 4. The summed E-state index contributed by atoms with van der Waals surface area (Å²) in [5.41, 5.74) is 3.02. The number of aryl methyl sites for hydroxylation is 1. The zero-order valence-corrected chi connectivity index (χ0v) is 12.5. The minimum absolute atomic E-state index is 0.0707. The Kier molecular flexibility index (Phi) is 5.09. The van der Waals surface area contributed by atoms with Gasteiger partial charge >= 0.3 is 5.97 Å². The fourth-order valence-electron chi connectivity index (χ4n) is 1.85. The molecule has 0 saturated heterocycles. The summed E-state index contributed by atoms with van der Waals surface area (Å²) in [6, 6.07) is 14.2. The molecule has 1 N–H and O–H groups in total. The van der Waals surface area contributed by atoms with Crippen LogP contribution in [0.2, 0.25) is 0 Å². The van der Waals surface area contributed by atoms with Crippen LogP contribution < -0.4 is 5.32 Å². The lowest BCUT2D eigenvalue weighted by Crippen LogP contribution is -2.01. The van der Waals surface area contributed by atoms with Gasteiger partial charge in [0, 0.05) is 23.5 Å². The fourth-order valence-corrected chi connectivity index (χ4v) is 1.85. The Hall–Kier alpha value is -2.88. The van der Waals surface area contributed by atoms with E-state index >= 15 is 0 Å². The zero-order chi connectivity index (χ0) is 15.9.